The molecule has 0 atom stereocenters. The molecule has 0 aliphatic rings. The number of carbonyl (C=O) groups excluding carboxylic acids is 1. The van der Waals surface area contributed by atoms with E-state index >= 15 is 0 Å². The summed E-state index contributed by atoms with van der Waals surface area (Å²) in [6.07, 6.45) is 4.07. The van der Waals surface area contributed by atoms with Crippen LogP contribution in [0.25, 0.3) is 11.1 Å². The zero-order chi connectivity index (χ0) is 11.4. The van der Waals surface area contributed by atoms with Gasteiger partial charge in [0.2, 0.25) is 6.41 Å². The normalized spacial score (nSPS) is 9.75. The lowest BCUT2D eigenvalue weighted by molar-refractivity contribution is -0.105. The monoisotopic (exact) mass is 213 g/mol. The molecule has 2 aromatic rings. The summed E-state index contributed by atoms with van der Waals surface area (Å²) < 4.78 is 0. The van der Waals surface area contributed by atoms with Gasteiger partial charge in [-0.3, -0.25) is 9.78 Å². The number of nitrogens with zero attached hydrogens (tertiary/aromatic N) is 1. The number of hydrogen-bond donors (Lipinski definition) is 2. The van der Waals surface area contributed by atoms with Gasteiger partial charge < -0.3 is 11.1 Å². The molecule has 80 valence electrons. The van der Waals surface area contributed by atoms with Gasteiger partial charge >= 0.3 is 0 Å². The van der Waals surface area contributed by atoms with Crippen LogP contribution in [-0.2, 0) is 4.79 Å². The topological polar surface area (TPSA) is 68.0 Å². The number of amides is 1. The Kier molecular flexibility index (Phi) is 2.82. The lowest BCUT2D eigenvalue weighted by atomic mass is 10.0. The molecule has 4 heteroatoms. The highest BCUT2D eigenvalue weighted by atomic mass is 16.1. The number of anilines is 2. The van der Waals surface area contributed by atoms with Crippen LogP contribution in [0.15, 0.2) is 42.7 Å². The molecule has 1 heterocycles. The molecule has 1 aromatic carbocycles. The largest absolute Gasteiger partial charge is 0.399 e. The molecule has 0 radical (unpaired) electrons. The predicted octanol–water partition coefficient (Wildman–Crippen LogP) is 1.90. The summed E-state index contributed by atoms with van der Waals surface area (Å²) in [5, 5.41) is 2.64. The summed E-state index contributed by atoms with van der Waals surface area (Å²) in [5.41, 5.74) is 8.87. The molecule has 0 saturated carbocycles. The Balaban J connectivity index is 2.53. The highest BCUT2D eigenvalue weighted by Gasteiger charge is 2.04. The summed E-state index contributed by atoms with van der Waals surface area (Å²) in [4.78, 5) is 14.5. The van der Waals surface area contributed by atoms with Crippen LogP contribution in [-0.4, -0.2) is 11.4 Å². The highest BCUT2D eigenvalue weighted by molar-refractivity contribution is 5.86. The number of nitrogens with two attached hydrogens (primary N) is 1. The second-order valence-electron chi connectivity index (χ2n) is 3.31. The average molecular weight is 213 g/mol. The van der Waals surface area contributed by atoms with Crippen molar-refractivity contribution in [3.05, 3.63) is 42.7 Å². The maximum Gasteiger partial charge on any atom is 0.211 e. The highest BCUT2D eigenvalue weighted by Crippen LogP contribution is 2.28. The third-order valence-corrected chi connectivity index (χ3v) is 2.23. The molecule has 0 fully saturated rings. The number of nitrogen functional groups attached to an aromatic ring is 1. The fraction of sp³-hybridized carbons (Fsp3) is 0. The summed E-state index contributed by atoms with van der Waals surface area (Å²) >= 11 is 0. The van der Waals surface area contributed by atoms with E-state index < -0.39 is 0 Å². The van der Waals surface area contributed by atoms with Crippen molar-refractivity contribution >= 4 is 17.8 Å². The van der Waals surface area contributed by atoms with Crippen LogP contribution in [0.5, 0.6) is 0 Å². The van der Waals surface area contributed by atoms with Crippen LogP contribution >= 0.6 is 0 Å². The molecule has 1 aromatic heterocycles. The van der Waals surface area contributed by atoms with E-state index in [9.17, 15) is 4.79 Å². The Bertz CT molecular complexity index is 497. The summed E-state index contributed by atoms with van der Waals surface area (Å²) in [6, 6.07) is 9.07. The minimum atomic E-state index is 0.644. The molecule has 16 heavy (non-hydrogen) atoms. The van der Waals surface area contributed by atoms with Gasteiger partial charge in [-0.05, 0) is 24.3 Å². The van der Waals surface area contributed by atoms with E-state index in [-0.39, 0.29) is 0 Å². The lowest BCUT2D eigenvalue weighted by Crippen LogP contribution is -1.97. The van der Waals surface area contributed by atoms with Gasteiger partial charge in [0.15, 0.2) is 0 Å². The van der Waals surface area contributed by atoms with Gasteiger partial charge in [0.1, 0.15) is 0 Å². The fourth-order valence-corrected chi connectivity index (χ4v) is 1.51. The zero-order valence-corrected chi connectivity index (χ0v) is 8.55. The lowest BCUT2D eigenvalue weighted by Gasteiger charge is -2.08. The van der Waals surface area contributed by atoms with Crippen molar-refractivity contribution in [2.45, 2.75) is 0 Å². The number of pyridine rings is 1. The second-order valence-corrected chi connectivity index (χ2v) is 3.31. The molecule has 0 saturated heterocycles. The molecule has 2 rings (SSSR count). The van der Waals surface area contributed by atoms with Crippen LogP contribution < -0.4 is 11.1 Å². The number of nitrogens with one attached hydrogen (secondary N) is 1. The Hall–Kier alpha value is -2.36. The van der Waals surface area contributed by atoms with E-state index in [0.717, 1.165) is 16.8 Å². The molecular weight excluding hydrogens is 202 g/mol. The van der Waals surface area contributed by atoms with Gasteiger partial charge in [-0.15, -0.1) is 0 Å². The van der Waals surface area contributed by atoms with E-state index in [4.69, 9.17) is 5.73 Å². The van der Waals surface area contributed by atoms with Crippen molar-refractivity contribution in [2.75, 3.05) is 11.1 Å². The number of aromatic nitrogens is 1. The molecule has 1 amide bonds. The van der Waals surface area contributed by atoms with Gasteiger partial charge in [0.05, 0.1) is 0 Å². The smallest absolute Gasteiger partial charge is 0.211 e. The van der Waals surface area contributed by atoms with E-state index in [2.05, 4.69) is 10.3 Å². The van der Waals surface area contributed by atoms with Crippen LogP contribution in [0.2, 0.25) is 0 Å². The maximum absolute atomic E-state index is 10.5. The van der Waals surface area contributed by atoms with E-state index in [1.807, 2.05) is 18.2 Å². The molecule has 4 nitrogen and oxygen atoms in total. The van der Waals surface area contributed by atoms with Crippen LogP contribution in [0, 0.1) is 0 Å². The summed E-state index contributed by atoms with van der Waals surface area (Å²) in [7, 11) is 0. The minimum absolute atomic E-state index is 0.644. The Morgan fingerprint density at radius 3 is 2.88 bits per heavy atom. The van der Waals surface area contributed by atoms with Gasteiger partial charge in [-0.25, -0.2) is 0 Å². The number of hydrogen-bond acceptors (Lipinski definition) is 3. The summed E-state index contributed by atoms with van der Waals surface area (Å²) in [5.74, 6) is 0. The average Bonchev–Trinajstić information content (AvgIpc) is 2.33. The number of benzene rings is 1. The van der Waals surface area contributed by atoms with Gasteiger partial charge in [-0.2, -0.15) is 0 Å². The van der Waals surface area contributed by atoms with E-state index in [1.54, 1.807) is 24.5 Å². The van der Waals surface area contributed by atoms with E-state index in [1.165, 1.54) is 0 Å². The Morgan fingerprint density at radius 1 is 1.31 bits per heavy atom. The molecule has 0 spiro atoms. The maximum atomic E-state index is 10.5. The second kappa shape index (κ2) is 4.44. The van der Waals surface area contributed by atoms with Crippen molar-refractivity contribution in [3.8, 4) is 11.1 Å². The van der Waals surface area contributed by atoms with Crippen LogP contribution in [0.1, 0.15) is 0 Å². The van der Waals surface area contributed by atoms with Gasteiger partial charge in [0, 0.05) is 34.9 Å². The first-order valence-corrected chi connectivity index (χ1v) is 4.81. The first-order valence-electron chi connectivity index (χ1n) is 4.81. The van der Waals surface area contributed by atoms with Crippen molar-refractivity contribution in [3.63, 3.8) is 0 Å². The third-order valence-electron chi connectivity index (χ3n) is 2.23. The number of carbonyl (C=O) groups is 1. The van der Waals surface area contributed by atoms with Gasteiger partial charge in [-0.1, -0.05) is 6.07 Å². The van der Waals surface area contributed by atoms with Crippen LogP contribution in [0.4, 0.5) is 11.4 Å². The van der Waals surface area contributed by atoms with Gasteiger partial charge in [0.25, 0.3) is 0 Å². The van der Waals surface area contributed by atoms with Crippen LogP contribution in [0.3, 0.4) is 0 Å². The molecule has 3 N–H and O–H groups in total. The molecule has 0 aliphatic heterocycles. The van der Waals surface area contributed by atoms with Crippen molar-refractivity contribution in [2.24, 2.45) is 0 Å². The molecular formula is C12H11N3O. The summed E-state index contributed by atoms with van der Waals surface area (Å²) in [6.45, 7) is 0. The van der Waals surface area contributed by atoms with Crippen molar-refractivity contribution < 1.29 is 4.79 Å². The zero-order valence-electron chi connectivity index (χ0n) is 8.55. The first kappa shape index (κ1) is 10.2. The first-order chi connectivity index (χ1) is 7.81. The standard InChI is InChI=1S/C12H11N3O/c13-10-3-4-12(15-8-16)11(6-10)9-2-1-5-14-7-9/h1-8H,13H2,(H,15,16). The Labute approximate surface area is 93.1 Å². The number of rotatable bonds is 3. The molecule has 0 bridgehead atoms. The fourth-order valence-electron chi connectivity index (χ4n) is 1.51. The Morgan fingerprint density at radius 2 is 2.19 bits per heavy atom. The SMILES string of the molecule is Nc1ccc(NC=O)c(-c2cccnc2)c1. The third kappa shape index (κ3) is 2.00. The minimum Gasteiger partial charge on any atom is -0.399 e. The molecule has 0 unspecified atom stereocenters. The van der Waals surface area contributed by atoms with Crippen molar-refractivity contribution in [1.82, 2.24) is 4.98 Å². The molecule has 0 aliphatic carbocycles. The van der Waals surface area contributed by atoms with Crippen molar-refractivity contribution in [1.29, 1.82) is 0 Å². The quantitative estimate of drug-likeness (QED) is 0.604. The predicted molar refractivity (Wildman–Crippen MR) is 63.8 cm³/mol. The van der Waals surface area contributed by atoms with E-state index in [0.29, 0.717) is 12.1 Å².